The van der Waals surface area contributed by atoms with Crippen LogP contribution < -0.4 is 26.8 Å². The van der Waals surface area contributed by atoms with Gasteiger partial charge < -0.3 is 9.32 Å². The molecule has 0 aliphatic rings. The first-order valence-corrected chi connectivity index (χ1v) is 18.0. The molecule has 0 N–H and O–H groups in total. The van der Waals surface area contributed by atoms with Crippen molar-refractivity contribution in [1.29, 1.82) is 0 Å². The van der Waals surface area contributed by atoms with Crippen LogP contribution in [-0.4, -0.2) is 61.5 Å². The van der Waals surface area contributed by atoms with Crippen molar-refractivity contribution < 1.29 is 4.42 Å². The monoisotopic (exact) mass is 661 g/mol. The van der Waals surface area contributed by atoms with E-state index in [4.69, 9.17) is 10.8 Å². The van der Waals surface area contributed by atoms with Gasteiger partial charge in [0.1, 0.15) is 58.2 Å². The number of fused-ring (bicyclic) bond motifs is 3. The van der Waals surface area contributed by atoms with E-state index < -0.39 is 0 Å². The predicted molar refractivity (Wildman–Crippen MR) is 246 cm³/mol. The molecule has 0 spiro atoms. The molecule has 6 aromatic carbocycles. The molecule has 0 aliphatic carbocycles. The quantitative estimate of drug-likeness (QED) is 0.139. The number of furan rings is 1. The standard InChI is InChI=1S/C43H38B7NO/c1-2-32(44)36(26-11-5-3-6-12-26)38(46)33(45)24-51(43-41(49)39(47)37(40(48)42(43)50)27-13-7-4-8-14-27)29-20-17-25(18-21-29)28-19-22-31-30-15-9-10-16-34(30)52-35(31)23-28/h1,3-23H,24,44-50H2/b36-32+,38-33-. The zero-order valence-corrected chi connectivity index (χ0v) is 31.3. The van der Waals surface area contributed by atoms with E-state index in [0.717, 1.165) is 55.4 Å². The van der Waals surface area contributed by atoms with Crippen molar-refractivity contribution in [2.24, 2.45) is 0 Å². The fraction of sp³-hybridized carbons (Fsp3) is 0.0233. The summed E-state index contributed by atoms with van der Waals surface area (Å²) in [6, 6.07) is 45.0. The number of terminal acetylenes is 1. The van der Waals surface area contributed by atoms with E-state index in [2.05, 4.69) is 167 Å². The summed E-state index contributed by atoms with van der Waals surface area (Å²) >= 11 is 0. The number of hydrogen-bond acceptors (Lipinski definition) is 2. The summed E-state index contributed by atoms with van der Waals surface area (Å²) in [4.78, 5) is 2.50. The number of hydrogen-bond donors (Lipinski definition) is 0. The minimum absolute atomic E-state index is 0.704. The minimum atomic E-state index is 0.704. The molecule has 0 bridgehead atoms. The Labute approximate surface area is 314 Å². The lowest BCUT2D eigenvalue weighted by molar-refractivity contribution is 0.669. The van der Waals surface area contributed by atoms with Crippen molar-refractivity contribution >= 4 is 116 Å². The van der Waals surface area contributed by atoms with Crippen LogP contribution in [0.5, 0.6) is 0 Å². The van der Waals surface area contributed by atoms with Gasteiger partial charge in [-0.1, -0.05) is 136 Å². The second-order valence-corrected chi connectivity index (χ2v) is 13.9. The normalized spacial score (nSPS) is 12.3. The van der Waals surface area contributed by atoms with Crippen LogP contribution in [0.1, 0.15) is 5.56 Å². The zero-order chi connectivity index (χ0) is 36.5. The van der Waals surface area contributed by atoms with E-state index in [9.17, 15) is 0 Å². The van der Waals surface area contributed by atoms with Gasteiger partial charge >= 0.3 is 0 Å². The average molecular weight is 660 g/mol. The van der Waals surface area contributed by atoms with E-state index >= 15 is 0 Å². The number of para-hydroxylation sites is 1. The summed E-state index contributed by atoms with van der Waals surface area (Å²) in [5.74, 6) is 2.94. The largest absolute Gasteiger partial charge is 0.456 e. The SMILES string of the molecule is B/C(CN(c1ccc(-c2ccc3c(c2)oc2ccccc23)cc1)c1c(B)c(B)c(-c2ccccc2)c(B)c1B)=C(B)/C(=C(/B)C#C)c1ccccc1. The molecule has 0 amide bonds. The highest BCUT2D eigenvalue weighted by molar-refractivity contribution is 6.62. The van der Waals surface area contributed by atoms with E-state index in [-0.39, 0.29) is 0 Å². The van der Waals surface area contributed by atoms with Gasteiger partial charge in [-0.05, 0) is 69.2 Å². The molecule has 0 unspecified atom stereocenters. The number of nitrogens with zero attached hydrogens (tertiary/aromatic N) is 1. The summed E-state index contributed by atoms with van der Waals surface area (Å²) in [7, 11) is 15.6. The molecule has 0 saturated carbocycles. The Balaban J connectivity index is 1.36. The van der Waals surface area contributed by atoms with Crippen LogP contribution in [0.2, 0.25) is 0 Å². The van der Waals surface area contributed by atoms with Crippen molar-refractivity contribution in [1.82, 2.24) is 0 Å². The van der Waals surface area contributed by atoms with Crippen LogP contribution >= 0.6 is 0 Å². The summed E-state index contributed by atoms with van der Waals surface area (Å²) in [6.07, 6.45) is 6.03. The molecule has 1 aromatic heterocycles. The number of anilines is 2. The van der Waals surface area contributed by atoms with E-state index in [0.29, 0.717) is 6.54 Å². The highest BCUT2D eigenvalue weighted by Crippen LogP contribution is 2.34. The lowest BCUT2D eigenvalue weighted by Gasteiger charge is -2.33. The third kappa shape index (κ3) is 6.39. The highest BCUT2D eigenvalue weighted by atomic mass is 16.3. The van der Waals surface area contributed by atoms with Gasteiger partial charge in [-0.2, -0.15) is 0 Å². The molecule has 2 nitrogen and oxygen atoms in total. The molecule has 52 heavy (non-hydrogen) atoms. The first kappa shape index (κ1) is 34.8. The first-order chi connectivity index (χ1) is 25.2. The molecule has 0 saturated heterocycles. The molecule has 0 aliphatic heterocycles. The Morgan fingerprint density at radius 2 is 1.17 bits per heavy atom. The van der Waals surface area contributed by atoms with Gasteiger partial charge in [0.2, 0.25) is 0 Å². The summed E-state index contributed by atoms with van der Waals surface area (Å²) in [6.45, 7) is 0.704. The molecule has 1 heterocycles. The summed E-state index contributed by atoms with van der Waals surface area (Å²) < 4.78 is 6.24. The van der Waals surface area contributed by atoms with Gasteiger partial charge in [0, 0.05) is 28.7 Å². The molecule has 7 rings (SSSR count). The zero-order valence-electron chi connectivity index (χ0n) is 31.3. The van der Waals surface area contributed by atoms with Gasteiger partial charge in [0.25, 0.3) is 0 Å². The number of allylic oxidation sites excluding steroid dienone is 3. The molecule has 9 heteroatoms. The molecule has 0 radical (unpaired) electrons. The Hall–Kier alpha value is -5.59. The van der Waals surface area contributed by atoms with Gasteiger partial charge in [0.05, 0.1) is 0 Å². The third-order valence-corrected chi connectivity index (χ3v) is 10.9. The van der Waals surface area contributed by atoms with Crippen LogP contribution in [0.4, 0.5) is 11.4 Å². The highest BCUT2D eigenvalue weighted by Gasteiger charge is 2.22. The second-order valence-electron chi connectivity index (χ2n) is 13.9. The Morgan fingerprint density at radius 3 is 1.83 bits per heavy atom. The van der Waals surface area contributed by atoms with Crippen molar-refractivity contribution in [3.8, 4) is 34.6 Å². The smallest absolute Gasteiger partial charge is 0.151 e. The molecule has 0 fully saturated rings. The lowest BCUT2D eigenvalue weighted by atomic mass is 9.64. The maximum atomic E-state index is 6.24. The van der Waals surface area contributed by atoms with Gasteiger partial charge in [-0.25, -0.2) is 0 Å². The predicted octanol–water partition coefficient (Wildman–Crippen LogP) is 1.25. The molecule has 0 atom stereocenters. The number of rotatable bonds is 8. The topological polar surface area (TPSA) is 16.4 Å². The Kier molecular flexibility index (Phi) is 9.76. The first-order valence-electron chi connectivity index (χ1n) is 18.0. The van der Waals surface area contributed by atoms with Crippen molar-refractivity contribution in [3.63, 3.8) is 0 Å². The maximum absolute atomic E-state index is 6.24. The van der Waals surface area contributed by atoms with E-state index in [1.807, 2.05) is 26.0 Å². The lowest BCUT2D eigenvalue weighted by Crippen LogP contribution is -2.47. The van der Waals surface area contributed by atoms with E-state index in [1.165, 1.54) is 49.6 Å². The Bertz CT molecular complexity index is 2540. The Morgan fingerprint density at radius 1 is 0.596 bits per heavy atom. The van der Waals surface area contributed by atoms with E-state index in [1.54, 1.807) is 0 Å². The molecular weight excluding hydrogens is 622 g/mol. The summed E-state index contributed by atoms with van der Waals surface area (Å²) in [5.41, 5.74) is 19.9. The van der Waals surface area contributed by atoms with Crippen LogP contribution in [0.15, 0.2) is 148 Å². The fourth-order valence-corrected chi connectivity index (χ4v) is 7.73. The third-order valence-electron chi connectivity index (χ3n) is 10.9. The molecule has 242 valence electrons. The van der Waals surface area contributed by atoms with Gasteiger partial charge in [-0.15, -0.1) is 6.42 Å². The van der Waals surface area contributed by atoms with Gasteiger partial charge in [-0.3, -0.25) is 0 Å². The number of benzene rings is 6. The minimum Gasteiger partial charge on any atom is -0.456 e. The molecular formula is C43H38B7NO. The van der Waals surface area contributed by atoms with Crippen molar-refractivity contribution in [3.05, 3.63) is 149 Å². The maximum Gasteiger partial charge on any atom is 0.151 e. The van der Waals surface area contributed by atoms with Crippen LogP contribution in [0.3, 0.4) is 0 Å². The van der Waals surface area contributed by atoms with Crippen LogP contribution in [0.25, 0.3) is 49.8 Å². The second kappa shape index (κ2) is 14.6. The fourth-order valence-electron chi connectivity index (χ4n) is 7.73. The van der Waals surface area contributed by atoms with Crippen molar-refractivity contribution in [2.75, 3.05) is 11.4 Å². The average Bonchev–Trinajstić information content (AvgIpc) is 3.55. The van der Waals surface area contributed by atoms with Crippen molar-refractivity contribution in [2.45, 2.75) is 0 Å². The van der Waals surface area contributed by atoms with Crippen LogP contribution in [0, 0.1) is 12.3 Å². The summed E-state index contributed by atoms with van der Waals surface area (Å²) in [5, 5.41) is 2.28. The van der Waals surface area contributed by atoms with Crippen LogP contribution in [-0.2, 0) is 0 Å². The molecule has 7 aromatic rings. The van der Waals surface area contributed by atoms with Gasteiger partial charge in [0.15, 0.2) is 7.85 Å².